The van der Waals surface area contributed by atoms with Crippen LogP contribution in [0.4, 0.5) is 11.5 Å². The number of aromatic nitrogens is 1. The van der Waals surface area contributed by atoms with Crippen molar-refractivity contribution in [2.75, 3.05) is 37.4 Å². The van der Waals surface area contributed by atoms with E-state index < -0.39 is 0 Å². The monoisotopic (exact) mass is 734 g/mol. The third-order valence-corrected chi connectivity index (χ3v) is 9.86. The van der Waals surface area contributed by atoms with E-state index in [0.717, 1.165) is 109 Å². The molecule has 0 bridgehead atoms. The van der Waals surface area contributed by atoms with Gasteiger partial charge in [-0.05, 0) is 134 Å². The number of nitrogens with one attached hydrogen (secondary N) is 1. The number of rotatable bonds is 17. The molecule has 0 spiro atoms. The predicted molar refractivity (Wildman–Crippen MR) is 227 cm³/mol. The summed E-state index contributed by atoms with van der Waals surface area (Å²) in [4.78, 5) is 27.4. The summed E-state index contributed by atoms with van der Waals surface area (Å²) >= 11 is 0. The number of benzene rings is 1. The Morgan fingerprint density at radius 1 is 1.15 bits per heavy atom. The summed E-state index contributed by atoms with van der Waals surface area (Å²) < 4.78 is 6.33. The first-order valence-corrected chi connectivity index (χ1v) is 19.8. The van der Waals surface area contributed by atoms with Crippen LogP contribution in [0, 0.1) is 19.8 Å². The van der Waals surface area contributed by atoms with Gasteiger partial charge in [0, 0.05) is 55.9 Å². The number of hydrogen-bond acceptors (Lipinski definition) is 8. The second-order valence-electron chi connectivity index (χ2n) is 14.7. The van der Waals surface area contributed by atoms with Gasteiger partial charge in [0.25, 0.3) is 0 Å². The van der Waals surface area contributed by atoms with Crippen LogP contribution < -0.4 is 15.0 Å². The molecule has 1 aromatic carbocycles. The van der Waals surface area contributed by atoms with Gasteiger partial charge in [-0.2, -0.15) is 5.10 Å². The highest BCUT2D eigenvalue weighted by atomic mass is 16.5. The molecule has 2 atom stereocenters. The minimum absolute atomic E-state index is 0.208. The van der Waals surface area contributed by atoms with Crippen molar-refractivity contribution in [1.82, 2.24) is 14.9 Å². The van der Waals surface area contributed by atoms with Crippen LogP contribution in [0.15, 0.2) is 94.7 Å². The smallest absolute Gasteiger partial charge is 0.156 e. The summed E-state index contributed by atoms with van der Waals surface area (Å²) in [6.45, 7) is 16.6. The Morgan fingerprint density at radius 3 is 2.69 bits per heavy atom. The number of unbranched alkanes of at least 4 members (excludes halogenated alkanes) is 3. The molecule has 2 aliphatic rings. The molecular formula is C45H63N7O2. The summed E-state index contributed by atoms with van der Waals surface area (Å²) in [7, 11) is 4.05. The lowest BCUT2D eigenvalue weighted by molar-refractivity contribution is -0.114. The van der Waals surface area contributed by atoms with Crippen LogP contribution in [0.5, 0.6) is 5.75 Å². The van der Waals surface area contributed by atoms with E-state index in [1.165, 1.54) is 5.56 Å². The van der Waals surface area contributed by atoms with Gasteiger partial charge in [0.15, 0.2) is 11.6 Å². The number of aryl methyl sites for hydroxylation is 3. The van der Waals surface area contributed by atoms with Crippen LogP contribution in [-0.2, 0) is 11.2 Å². The van der Waals surface area contributed by atoms with E-state index >= 15 is 0 Å². The maximum atomic E-state index is 12.5. The minimum Gasteiger partial charge on any atom is -0.457 e. The molecule has 290 valence electrons. The summed E-state index contributed by atoms with van der Waals surface area (Å²) in [5.74, 6) is 4.08. The van der Waals surface area contributed by atoms with Crippen LogP contribution in [0.2, 0.25) is 0 Å². The number of likely N-dealkylation sites (N-methyl/N-ethyl adjacent to an activating group) is 1. The van der Waals surface area contributed by atoms with Gasteiger partial charge in [0.1, 0.15) is 23.0 Å². The van der Waals surface area contributed by atoms with Gasteiger partial charge in [-0.3, -0.25) is 4.79 Å². The molecule has 0 fully saturated rings. The number of hydrazone groups is 1. The van der Waals surface area contributed by atoms with E-state index in [4.69, 9.17) is 14.7 Å². The van der Waals surface area contributed by atoms with Gasteiger partial charge < -0.3 is 19.9 Å². The van der Waals surface area contributed by atoms with Gasteiger partial charge in [-0.25, -0.2) is 15.0 Å². The van der Waals surface area contributed by atoms with Gasteiger partial charge in [-0.15, -0.1) is 0 Å². The Bertz CT molecular complexity index is 1780. The average molecular weight is 734 g/mol. The molecule has 2 aliphatic heterocycles. The maximum Gasteiger partial charge on any atom is 0.156 e. The number of ether oxygens (including phenoxy) is 1. The maximum absolute atomic E-state index is 12.5. The van der Waals surface area contributed by atoms with E-state index in [0.29, 0.717) is 12.3 Å². The fourth-order valence-corrected chi connectivity index (χ4v) is 6.42. The quantitative estimate of drug-likeness (QED) is 0.0750. The first-order chi connectivity index (χ1) is 26.0. The third-order valence-electron chi connectivity index (χ3n) is 9.86. The topological polar surface area (TPSA) is 85.7 Å². The lowest BCUT2D eigenvalue weighted by Crippen LogP contribution is -2.30. The molecule has 0 amide bonds. The predicted octanol–water partition coefficient (Wildman–Crippen LogP) is 9.90. The molecule has 3 heterocycles. The molecule has 1 N–H and O–H groups in total. The Morgan fingerprint density at radius 2 is 1.96 bits per heavy atom. The largest absolute Gasteiger partial charge is 0.457 e. The molecular weight excluding hydrogens is 671 g/mol. The summed E-state index contributed by atoms with van der Waals surface area (Å²) in [5.41, 5.74) is 6.11. The number of carbonyl (C=O) groups is 1. The fourth-order valence-electron chi connectivity index (χ4n) is 6.42. The first-order valence-electron chi connectivity index (χ1n) is 19.8. The van der Waals surface area contributed by atoms with Crippen molar-refractivity contribution in [2.45, 2.75) is 106 Å². The molecule has 1 aromatic heterocycles. The number of hydrogen-bond donors (Lipinski definition) is 1. The molecule has 0 radical (unpaired) electrons. The van der Waals surface area contributed by atoms with Crippen molar-refractivity contribution in [3.63, 3.8) is 0 Å². The lowest BCUT2D eigenvalue weighted by atomic mass is 10.0. The van der Waals surface area contributed by atoms with Gasteiger partial charge >= 0.3 is 0 Å². The molecule has 2 unspecified atom stereocenters. The average Bonchev–Trinajstić information content (AvgIpc) is 3.30. The van der Waals surface area contributed by atoms with Gasteiger partial charge in [-0.1, -0.05) is 51.0 Å². The molecule has 9 nitrogen and oxygen atoms in total. The molecule has 2 aromatic rings. The second kappa shape index (κ2) is 21.2. The normalized spacial score (nSPS) is 17.9. The summed E-state index contributed by atoms with van der Waals surface area (Å²) in [6.07, 6.45) is 25.0. The number of pyridine rings is 1. The molecule has 9 heteroatoms. The van der Waals surface area contributed by atoms with E-state index in [2.05, 4.69) is 73.0 Å². The molecule has 0 saturated carbocycles. The van der Waals surface area contributed by atoms with Gasteiger partial charge in [0.2, 0.25) is 0 Å². The molecule has 4 rings (SSSR count). The van der Waals surface area contributed by atoms with E-state index in [1.54, 1.807) is 12.3 Å². The number of amidine groups is 1. The van der Waals surface area contributed by atoms with Crippen molar-refractivity contribution in [3.05, 3.63) is 107 Å². The Kier molecular flexibility index (Phi) is 16.5. The van der Waals surface area contributed by atoms with E-state index in [9.17, 15) is 4.79 Å². The van der Waals surface area contributed by atoms with Crippen molar-refractivity contribution in [2.24, 2.45) is 16.0 Å². The number of nitrogens with zero attached hydrogens (tertiary/aromatic N) is 6. The number of aliphatic imine (C=N–C) groups is 1. The van der Waals surface area contributed by atoms with Crippen LogP contribution in [0.25, 0.3) is 0 Å². The Hall–Kier alpha value is -4.76. The van der Waals surface area contributed by atoms with Crippen LogP contribution in [0.3, 0.4) is 0 Å². The third kappa shape index (κ3) is 12.4. The van der Waals surface area contributed by atoms with E-state index in [1.807, 2.05) is 81.8 Å². The van der Waals surface area contributed by atoms with Crippen molar-refractivity contribution in [3.8, 4) is 5.75 Å². The highest BCUT2D eigenvalue weighted by Gasteiger charge is 2.24. The van der Waals surface area contributed by atoms with Crippen molar-refractivity contribution in [1.29, 1.82) is 0 Å². The Labute approximate surface area is 325 Å². The van der Waals surface area contributed by atoms with E-state index in [-0.39, 0.29) is 11.8 Å². The summed E-state index contributed by atoms with van der Waals surface area (Å²) in [6, 6.07) is 8.68. The van der Waals surface area contributed by atoms with Crippen LogP contribution in [0.1, 0.15) is 102 Å². The molecule has 0 aliphatic carbocycles. The number of fused-ring (bicyclic) bond motifs is 1. The van der Waals surface area contributed by atoms with Gasteiger partial charge in [0.05, 0.1) is 5.70 Å². The van der Waals surface area contributed by atoms with Crippen LogP contribution >= 0.6 is 0 Å². The Balaban J connectivity index is 1.53. The highest BCUT2D eigenvalue weighted by Crippen LogP contribution is 2.31. The first kappa shape index (κ1) is 42.0. The minimum atomic E-state index is 0.208. The molecule has 0 saturated heterocycles. The van der Waals surface area contributed by atoms with Crippen molar-refractivity contribution < 1.29 is 9.53 Å². The highest BCUT2D eigenvalue weighted by molar-refractivity contribution is 6.08. The SMILES string of the molecule is CC=C1C=C(Oc2ccc(NC(=N/C=C/CCC)c3nc4c(cc3C)CCC(C)CN4CCCCCC(=O)/C=C/C(C)N(C)C)cc2C)C=CN1/N=C\C. The number of allylic oxidation sites excluding steroid dienone is 5. The number of ketones is 1. The van der Waals surface area contributed by atoms with Crippen LogP contribution in [-0.4, -0.2) is 66.0 Å². The number of carbonyl (C=O) groups excluding carboxylic acids is 1. The zero-order valence-electron chi connectivity index (χ0n) is 34.2. The zero-order valence-corrected chi connectivity index (χ0v) is 34.2. The second-order valence-corrected chi connectivity index (χ2v) is 14.7. The fraction of sp³-hybridized carbons (Fsp3) is 0.467. The zero-order chi connectivity index (χ0) is 39.0. The van der Waals surface area contributed by atoms with Crippen molar-refractivity contribution >= 4 is 29.3 Å². The lowest BCUT2D eigenvalue weighted by Gasteiger charge is -2.27. The standard InChI is InChI=1S/C45H63N7O2/c1-10-13-16-26-46-44(48-38-22-24-42(34(5)30-38)54-41-25-28-52(47-12-3)39(11-2)31-41)43-35(6)29-37-21-19-33(4)32-51(45(37)49-43)27-17-14-15-18-40(53)23-20-36(7)50(8)9/h11-12,16,20,22-26,28-31,33,36H,10,13-15,17-19,21,27,32H2,1-9H3,(H,46,48)/b23-20+,26-16+,39-11?,47-12-. The number of anilines is 2. The summed E-state index contributed by atoms with van der Waals surface area (Å²) in [5, 5.41) is 9.82. The molecule has 54 heavy (non-hydrogen) atoms.